The van der Waals surface area contributed by atoms with Gasteiger partial charge in [-0.25, -0.2) is 13.2 Å². The van der Waals surface area contributed by atoms with Gasteiger partial charge in [-0.2, -0.15) is 16.1 Å². The van der Waals surface area contributed by atoms with E-state index in [0.717, 1.165) is 17.1 Å². The molecule has 1 aliphatic heterocycles. The Bertz CT molecular complexity index is 591. The average molecular weight is 321 g/mol. The second kappa shape index (κ2) is 5.08. The molecule has 1 aromatic rings. The van der Waals surface area contributed by atoms with Crippen LogP contribution in [0.15, 0.2) is 16.3 Å². The van der Waals surface area contributed by atoms with Crippen LogP contribution in [0.5, 0.6) is 0 Å². The predicted molar refractivity (Wildman–Crippen MR) is 76.6 cm³/mol. The maximum atomic E-state index is 12.4. The third kappa shape index (κ3) is 3.13. The van der Waals surface area contributed by atoms with E-state index in [1.165, 1.54) is 15.8 Å². The van der Waals surface area contributed by atoms with Crippen LogP contribution in [0, 0.1) is 0 Å². The van der Waals surface area contributed by atoms with Crippen LogP contribution in [0.1, 0.15) is 23.5 Å². The van der Waals surface area contributed by atoms with Crippen molar-refractivity contribution in [1.29, 1.82) is 0 Å². The number of aromatic carboxylic acids is 1. The lowest BCUT2D eigenvalue weighted by atomic mass is 10.2. The zero-order valence-electron chi connectivity index (χ0n) is 10.6. The first-order chi connectivity index (χ1) is 8.72. The van der Waals surface area contributed by atoms with Crippen LogP contribution in [0.2, 0.25) is 0 Å². The highest BCUT2D eigenvalue weighted by Gasteiger charge is 2.35. The Hall–Kier alpha value is -0.570. The lowest BCUT2D eigenvalue weighted by Crippen LogP contribution is -2.45. The van der Waals surface area contributed by atoms with Crippen LogP contribution in [0.3, 0.4) is 0 Å². The summed E-state index contributed by atoms with van der Waals surface area (Å²) in [7, 11) is -3.58. The van der Waals surface area contributed by atoms with E-state index < -0.39 is 16.0 Å². The van der Waals surface area contributed by atoms with Gasteiger partial charge in [0.15, 0.2) is 0 Å². The molecule has 1 N–H and O–H groups in total. The summed E-state index contributed by atoms with van der Waals surface area (Å²) < 4.78 is 26.2. The molecule has 2 rings (SSSR count). The highest BCUT2D eigenvalue weighted by molar-refractivity contribution is 8.00. The molecule has 0 unspecified atom stereocenters. The summed E-state index contributed by atoms with van der Waals surface area (Å²) in [6.07, 6.45) is 0. The normalized spacial score (nSPS) is 20.3. The number of sulfonamides is 1. The highest BCUT2D eigenvalue weighted by Crippen LogP contribution is 2.33. The van der Waals surface area contributed by atoms with Gasteiger partial charge in [-0.1, -0.05) is 0 Å². The molecule has 1 fully saturated rings. The van der Waals surface area contributed by atoms with Crippen LogP contribution in [0.25, 0.3) is 0 Å². The number of thiophene rings is 1. The zero-order chi connectivity index (χ0) is 14.3. The quantitative estimate of drug-likeness (QED) is 0.921. The Balaban J connectivity index is 2.28. The molecule has 106 valence electrons. The lowest BCUT2D eigenvalue weighted by Gasteiger charge is -2.36. The average Bonchev–Trinajstić information content (AvgIpc) is 2.77. The second-order valence-electron chi connectivity index (χ2n) is 4.90. The molecule has 0 atom stereocenters. The summed E-state index contributed by atoms with van der Waals surface area (Å²) in [6, 6.07) is 1.23. The fraction of sp³-hybridized carbons (Fsp3) is 0.545. The molecular weight excluding hydrogens is 306 g/mol. The topological polar surface area (TPSA) is 74.7 Å². The Morgan fingerprint density at radius 2 is 2.16 bits per heavy atom. The van der Waals surface area contributed by atoms with Crippen LogP contribution in [0.4, 0.5) is 0 Å². The number of nitrogens with zero attached hydrogens (tertiary/aromatic N) is 1. The lowest BCUT2D eigenvalue weighted by molar-refractivity contribution is 0.0702. The van der Waals surface area contributed by atoms with Gasteiger partial charge < -0.3 is 5.11 Å². The van der Waals surface area contributed by atoms with Gasteiger partial charge in [-0.15, -0.1) is 11.3 Å². The Kier molecular flexibility index (Phi) is 3.97. The van der Waals surface area contributed by atoms with Crippen molar-refractivity contribution in [2.24, 2.45) is 0 Å². The molecule has 0 aliphatic carbocycles. The van der Waals surface area contributed by atoms with Gasteiger partial charge in [-0.05, 0) is 19.9 Å². The molecule has 0 saturated carbocycles. The number of hydrogen-bond acceptors (Lipinski definition) is 5. The van der Waals surface area contributed by atoms with Crippen LogP contribution in [-0.2, 0) is 10.0 Å². The van der Waals surface area contributed by atoms with E-state index in [4.69, 9.17) is 5.11 Å². The largest absolute Gasteiger partial charge is 0.477 e. The number of rotatable bonds is 3. The van der Waals surface area contributed by atoms with E-state index in [1.54, 1.807) is 11.8 Å². The van der Waals surface area contributed by atoms with E-state index in [9.17, 15) is 13.2 Å². The maximum Gasteiger partial charge on any atom is 0.345 e. The summed E-state index contributed by atoms with van der Waals surface area (Å²) >= 11 is 2.69. The van der Waals surface area contributed by atoms with Gasteiger partial charge in [0.05, 0.1) is 4.90 Å². The minimum Gasteiger partial charge on any atom is -0.477 e. The molecule has 1 aromatic heterocycles. The molecular formula is C11H15NO4S3. The molecule has 0 spiro atoms. The van der Waals surface area contributed by atoms with Crippen molar-refractivity contribution in [3.8, 4) is 0 Å². The summed E-state index contributed by atoms with van der Waals surface area (Å²) in [5.74, 6) is -0.344. The van der Waals surface area contributed by atoms with Crippen molar-refractivity contribution >= 4 is 39.1 Å². The molecule has 2 heterocycles. The van der Waals surface area contributed by atoms with Crippen molar-refractivity contribution in [1.82, 2.24) is 4.31 Å². The molecule has 1 saturated heterocycles. The summed E-state index contributed by atoms with van der Waals surface area (Å²) in [5.41, 5.74) is 0. The van der Waals surface area contributed by atoms with E-state index >= 15 is 0 Å². The minimum atomic E-state index is -3.58. The molecule has 0 amide bonds. The zero-order valence-corrected chi connectivity index (χ0v) is 13.1. The van der Waals surface area contributed by atoms with Gasteiger partial charge in [0.1, 0.15) is 4.88 Å². The Morgan fingerprint density at radius 3 is 2.68 bits per heavy atom. The van der Waals surface area contributed by atoms with E-state index in [0.29, 0.717) is 13.1 Å². The molecule has 19 heavy (non-hydrogen) atoms. The van der Waals surface area contributed by atoms with Gasteiger partial charge in [0, 0.05) is 29.0 Å². The fourth-order valence-corrected chi connectivity index (χ4v) is 5.90. The van der Waals surface area contributed by atoms with Crippen molar-refractivity contribution in [3.63, 3.8) is 0 Å². The van der Waals surface area contributed by atoms with E-state index in [1.807, 2.05) is 13.8 Å². The van der Waals surface area contributed by atoms with E-state index in [2.05, 4.69) is 0 Å². The first-order valence-corrected chi connectivity index (χ1v) is 8.99. The van der Waals surface area contributed by atoms with Gasteiger partial charge in [-0.3, -0.25) is 0 Å². The van der Waals surface area contributed by atoms with Crippen molar-refractivity contribution in [2.45, 2.75) is 23.5 Å². The maximum absolute atomic E-state index is 12.4. The third-order valence-electron chi connectivity index (χ3n) is 2.81. The second-order valence-corrected chi connectivity index (χ2v) is 9.55. The summed E-state index contributed by atoms with van der Waals surface area (Å²) in [4.78, 5) is 10.9. The number of carbonyl (C=O) groups is 1. The standard InChI is InChI=1S/C11H15NO4S3/c1-11(2)7-12(3-4-18-11)19(15,16)8-5-9(10(13)14)17-6-8/h5-6H,3-4,7H2,1-2H3,(H,13,14). The third-order valence-corrected chi connectivity index (χ3v) is 7.00. The smallest absolute Gasteiger partial charge is 0.345 e. The summed E-state index contributed by atoms with van der Waals surface area (Å²) in [6.45, 7) is 4.93. The van der Waals surface area contributed by atoms with Gasteiger partial charge >= 0.3 is 5.97 Å². The molecule has 0 aromatic carbocycles. The van der Waals surface area contributed by atoms with Gasteiger partial charge in [0.25, 0.3) is 0 Å². The SMILES string of the molecule is CC1(C)CN(S(=O)(=O)c2csc(C(=O)O)c2)CCS1. The van der Waals surface area contributed by atoms with Crippen LogP contribution in [-0.4, -0.2) is 47.4 Å². The van der Waals surface area contributed by atoms with Gasteiger partial charge in [0.2, 0.25) is 10.0 Å². The van der Waals surface area contributed by atoms with Crippen molar-refractivity contribution in [2.75, 3.05) is 18.8 Å². The van der Waals surface area contributed by atoms with E-state index in [-0.39, 0.29) is 14.5 Å². The number of carboxylic acid groups (broad SMARTS) is 1. The monoisotopic (exact) mass is 321 g/mol. The van der Waals surface area contributed by atoms with Crippen molar-refractivity contribution in [3.05, 3.63) is 16.3 Å². The first-order valence-electron chi connectivity index (χ1n) is 5.68. The number of carboxylic acids is 1. The predicted octanol–water partition coefficient (Wildman–Crippen LogP) is 1.96. The fourth-order valence-electron chi connectivity index (χ4n) is 1.89. The van der Waals surface area contributed by atoms with Crippen LogP contribution >= 0.6 is 23.1 Å². The molecule has 0 bridgehead atoms. The molecule has 1 aliphatic rings. The minimum absolute atomic E-state index is 0.0456. The first kappa shape index (κ1) is 14.8. The molecule has 8 heteroatoms. The number of thioether (sulfide) groups is 1. The number of hydrogen-bond donors (Lipinski definition) is 1. The highest BCUT2D eigenvalue weighted by atomic mass is 32.2. The molecule has 0 radical (unpaired) electrons. The Labute approximate surface area is 120 Å². The van der Waals surface area contributed by atoms with Crippen LogP contribution < -0.4 is 0 Å². The summed E-state index contributed by atoms with van der Waals surface area (Å²) in [5, 5.41) is 10.3. The molecule has 5 nitrogen and oxygen atoms in total. The van der Waals surface area contributed by atoms with Crippen molar-refractivity contribution < 1.29 is 18.3 Å². The Morgan fingerprint density at radius 1 is 1.47 bits per heavy atom.